The molecule has 0 aromatic carbocycles. The summed E-state index contributed by atoms with van der Waals surface area (Å²) in [5, 5.41) is 65.1. The van der Waals surface area contributed by atoms with Crippen LogP contribution in [0.25, 0.3) is 0 Å². The molecule has 90 valence electrons. The van der Waals surface area contributed by atoms with Crippen molar-refractivity contribution in [3.63, 3.8) is 0 Å². The first-order valence-electron chi connectivity index (χ1n) is 4.60. The van der Waals surface area contributed by atoms with Crippen LogP contribution >= 0.6 is 0 Å². The number of aliphatic hydroxyl groups is 7. The van der Waals surface area contributed by atoms with Gasteiger partial charge >= 0.3 is 0 Å². The second-order valence-corrected chi connectivity index (χ2v) is 3.83. The third-order valence-corrected chi connectivity index (χ3v) is 2.88. The van der Waals surface area contributed by atoms with Gasteiger partial charge in [0.25, 0.3) is 0 Å². The molecule has 1 aliphatic rings. The Morgan fingerprint density at radius 1 is 0.800 bits per heavy atom. The van der Waals surface area contributed by atoms with Crippen LogP contribution in [0.2, 0.25) is 0 Å². The molecule has 0 spiro atoms. The van der Waals surface area contributed by atoms with Gasteiger partial charge < -0.3 is 35.7 Å². The number of hydrogen-bond acceptors (Lipinski definition) is 7. The summed E-state index contributed by atoms with van der Waals surface area (Å²) in [4.78, 5) is 0. The summed E-state index contributed by atoms with van der Waals surface area (Å²) in [7, 11) is 0. The number of hydrogen-bond donors (Lipinski definition) is 7. The quantitative estimate of drug-likeness (QED) is 0.253. The van der Waals surface area contributed by atoms with Crippen LogP contribution in [0.3, 0.4) is 0 Å². The fourth-order valence-corrected chi connectivity index (χ4v) is 1.82. The van der Waals surface area contributed by atoms with Gasteiger partial charge in [-0.1, -0.05) is 0 Å². The van der Waals surface area contributed by atoms with Crippen molar-refractivity contribution in [3.8, 4) is 0 Å². The third kappa shape index (κ3) is 1.87. The first kappa shape index (κ1) is 12.8. The highest BCUT2D eigenvalue weighted by molar-refractivity contribution is 5.08. The monoisotopic (exact) mass is 224 g/mol. The van der Waals surface area contributed by atoms with E-state index in [4.69, 9.17) is 5.11 Å². The highest BCUT2D eigenvalue weighted by atomic mass is 16.4. The second-order valence-electron chi connectivity index (χ2n) is 3.83. The maximum absolute atomic E-state index is 9.78. The van der Waals surface area contributed by atoms with Gasteiger partial charge in [-0.05, 0) is 0 Å². The first-order valence-corrected chi connectivity index (χ1v) is 4.60. The SMILES string of the molecule is OCC[C@@]1(O)[C@H](O)[C@@H](O)[C@H](O)[C@@H](O)[C@@H]1O. The van der Waals surface area contributed by atoms with Crippen molar-refractivity contribution in [2.24, 2.45) is 0 Å². The summed E-state index contributed by atoms with van der Waals surface area (Å²) in [6, 6.07) is 0. The normalized spacial score (nSPS) is 51.8. The summed E-state index contributed by atoms with van der Waals surface area (Å²) in [5.41, 5.74) is -2.23. The topological polar surface area (TPSA) is 142 Å². The molecular weight excluding hydrogens is 208 g/mol. The van der Waals surface area contributed by atoms with E-state index in [9.17, 15) is 30.6 Å². The summed E-state index contributed by atoms with van der Waals surface area (Å²) < 4.78 is 0. The van der Waals surface area contributed by atoms with Crippen molar-refractivity contribution >= 4 is 0 Å². The fourth-order valence-electron chi connectivity index (χ4n) is 1.82. The van der Waals surface area contributed by atoms with Gasteiger partial charge in [0.2, 0.25) is 0 Å². The Bertz CT molecular complexity index is 205. The highest BCUT2D eigenvalue weighted by Crippen LogP contribution is 2.32. The molecule has 0 bridgehead atoms. The zero-order valence-corrected chi connectivity index (χ0v) is 7.93. The van der Waals surface area contributed by atoms with Crippen LogP contribution in [-0.4, -0.2) is 78.5 Å². The average Bonchev–Trinajstić information content (AvgIpc) is 2.22. The van der Waals surface area contributed by atoms with E-state index in [0.29, 0.717) is 0 Å². The van der Waals surface area contributed by atoms with Crippen LogP contribution < -0.4 is 0 Å². The van der Waals surface area contributed by atoms with Crippen LogP contribution in [0, 0.1) is 0 Å². The van der Waals surface area contributed by atoms with Gasteiger partial charge in [0.1, 0.15) is 36.1 Å². The molecule has 15 heavy (non-hydrogen) atoms. The van der Waals surface area contributed by atoms with Gasteiger partial charge in [0.15, 0.2) is 0 Å². The maximum Gasteiger partial charge on any atom is 0.124 e. The molecule has 1 aliphatic carbocycles. The Kier molecular flexibility index (Phi) is 3.67. The van der Waals surface area contributed by atoms with E-state index in [-0.39, 0.29) is 0 Å². The van der Waals surface area contributed by atoms with E-state index in [1.54, 1.807) is 0 Å². The van der Waals surface area contributed by atoms with Crippen molar-refractivity contribution in [2.45, 2.75) is 42.5 Å². The van der Waals surface area contributed by atoms with Gasteiger partial charge in [-0.3, -0.25) is 0 Å². The molecule has 0 aromatic rings. The number of rotatable bonds is 2. The van der Waals surface area contributed by atoms with E-state index in [1.165, 1.54) is 0 Å². The van der Waals surface area contributed by atoms with E-state index >= 15 is 0 Å². The molecule has 0 saturated heterocycles. The lowest BCUT2D eigenvalue weighted by atomic mass is 9.73. The predicted octanol–water partition coefficient (Wildman–Crippen LogP) is -4.08. The zero-order valence-electron chi connectivity index (χ0n) is 7.93. The average molecular weight is 224 g/mol. The van der Waals surface area contributed by atoms with Crippen LogP contribution in [0.1, 0.15) is 6.42 Å². The van der Waals surface area contributed by atoms with E-state index in [1.807, 2.05) is 0 Å². The van der Waals surface area contributed by atoms with Crippen LogP contribution in [0.4, 0.5) is 0 Å². The molecule has 1 rings (SSSR count). The minimum Gasteiger partial charge on any atom is -0.396 e. The van der Waals surface area contributed by atoms with Gasteiger partial charge in [-0.2, -0.15) is 0 Å². The predicted molar refractivity (Wildman–Crippen MR) is 46.7 cm³/mol. The molecular formula is C8H16O7. The molecule has 0 radical (unpaired) electrons. The molecule has 0 aliphatic heterocycles. The lowest BCUT2D eigenvalue weighted by molar-refractivity contribution is -0.271. The fraction of sp³-hybridized carbons (Fsp3) is 1.00. The summed E-state index contributed by atoms with van der Waals surface area (Å²) >= 11 is 0. The Labute approximate surface area is 85.8 Å². The second kappa shape index (κ2) is 4.30. The standard InChI is InChI=1S/C8H16O7/c9-2-1-8(15)6(13)4(11)3(10)5(12)7(8)14/h3-7,9-15H,1-2H2/t3-,4-,5+,6+,7-,8+. The molecule has 0 unspecified atom stereocenters. The van der Waals surface area contributed by atoms with Crippen molar-refractivity contribution in [3.05, 3.63) is 0 Å². The molecule has 1 saturated carbocycles. The minimum absolute atomic E-state index is 0.420. The van der Waals surface area contributed by atoms with E-state index < -0.39 is 49.1 Å². The molecule has 6 atom stereocenters. The smallest absolute Gasteiger partial charge is 0.124 e. The van der Waals surface area contributed by atoms with Gasteiger partial charge in [-0.15, -0.1) is 0 Å². The Morgan fingerprint density at radius 2 is 1.20 bits per heavy atom. The van der Waals surface area contributed by atoms with Crippen molar-refractivity contribution in [1.29, 1.82) is 0 Å². The Hall–Kier alpha value is -0.280. The highest BCUT2D eigenvalue weighted by Gasteiger charge is 2.56. The van der Waals surface area contributed by atoms with E-state index in [0.717, 1.165) is 0 Å². The maximum atomic E-state index is 9.78. The van der Waals surface area contributed by atoms with Crippen molar-refractivity contribution in [2.75, 3.05) is 6.61 Å². The molecule has 7 nitrogen and oxygen atoms in total. The van der Waals surface area contributed by atoms with Gasteiger partial charge in [0.05, 0.1) is 0 Å². The first-order chi connectivity index (χ1) is 6.86. The zero-order chi connectivity index (χ0) is 11.8. The molecule has 0 aromatic heterocycles. The van der Waals surface area contributed by atoms with Gasteiger partial charge in [-0.25, -0.2) is 0 Å². The molecule has 7 heteroatoms. The largest absolute Gasteiger partial charge is 0.396 e. The van der Waals surface area contributed by atoms with Gasteiger partial charge in [0, 0.05) is 13.0 Å². The molecule has 0 heterocycles. The van der Waals surface area contributed by atoms with Crippen LogP contribution in [0.5, 0.6) is 0 Å². The molecule has 1 fully saturated rings. The lowest BCUT2D eigenvalue weighted by Crippen LogP contribution is -2.70. The van der Waals surface area contributed by atoms with Crippen molar-refractivity contribution in [1.82, 2.24) is 0 Å². The van der Waals surface area contributed by atoms with Crippen LogP contribution in [-0.2, 0) is 0 Å². The summed E-state index contributed by atoms with van der Waals surface area (Å²) in [6.07, 6.45) is -9.39. The Balaban J connectivity index is 2.95. The van der Waals surface area contributed by atoms with Crippen molar-refractivity contribution < 1.29 is 35.7 Å². The van der Waals surface area contributed by atoms with E-state index in [2.05, 4.69) is 0 Å². The molecule has 0 amide bonds. The summed E-state index contributed by atoms with van der Waals surface area (Å²) in [6.45, 7) is -0.542. The summed E-state index contributed by atoms with van der Waals surface area (Å²) in [5.74, 6) is 0. The number of aliphatic hydroxyl groups excluding tert-OH is 6. The van der Waals surface area contributed by atoms with Crippen LogP contribution in [0.15, 0.2) is 0 Å². The lowest BCUT2D eigenvalue weighted by Gasteiger charge is -2.47. The minimum atomic E-state index is -2.23. The molecule has 7 N–H and O–H groups in total. The Morgan fingerprint density at radius 3 is 1.53 bits per heavy atom. The third-order valence-electron chi connectivity index (χ3n) is 2.88.